The van der Waals surface area contributed by atoms with Crippen molar-refractivity contribution >= 4 is 39.1 Å². The summed E-state index contributed by atoms with van der Waals surface area (Å²) in [5.41, 5.74) is 3.84. The van der Waals surface area contributed by atoms with Crippen LogP contribution in [0, 0.1) is 20.8 Å². The second kappa shape index (κ2) is 13.8. The van der Waals surface area contributed by atoms with Crippen molar-refractivity contribution in [2.45, 2.75) is 64.9 Å². The van der Waals surface area contributed by atoms with E-state index in [1.165, 1.54) is 17.0 Å². The second-order valence-corrected chi connectivity index (χ2v) is 12.3. The molecule has 214 valence electrons. The third kappa shape index (κ3) is 7.64. The summed E-state index contributed by atoms with van der Waals surface area (Å²) < 4.78 is 29.0. The highest BCUT2D eigenvalue weighted by Gasteiger charge is 2.32. The average molecular weight is 584 g/mol. The fourth-order valence-corrected chi connectivity index (χ4v) is 5.78. The van der Waals surface area contributed by atoms with Crippen LogP contribution in [0.3, 0.4) is 0 Å². The molecular weight excluding hydrogens is 546 g/mol. The highest BCUT2D eigenvalue weighted by molar-refractivity contribution is 7.92. The molecule has 1 atom stereocenters. The minimum absolute atomic E-state index is 0.0478. The summed E-state index contributed by atoms with van der Waals surface area (Å²) in [5, 5.41) is 3.34. The van der Waals surface area contributed by atoms with E-state index in [4.69, 9.17) is 11.6 Å². The van der Waals surface area contributed by atoms with Gasteiger partial charge >= 0.3 is 0 Å². The van der Waals surface area contributed by atoms with Crippen LogP contribution < -0.4 is 9.62 Å². The van der Waals surface area contributed by atoms with Crippen molar-refractivity contribution in [3.05, 3.63) is 94.0 Å². The first-order chi connectivity index (χ1) is 18.9. The first-order valence-corrected chi connectivity index (χ1v) is 15.2. The Morgan fingerprint density at radius 1 is 0.950 bits per heavy atom. The molecule has 0 aliphatic rings. The number of amides is 2. The Balaban J connectivity index is 2.03. The van der Waals surface area contributed by atoms with Gasteiger partial charge in [-0.25, -0.2) is 8.42 Å². The van der Waals surface area contributed by atoms with Gasteiger partial charge in [-0.05, 0) is 81.1 Å². The lowest BCUT2D eigenvalue weighted by Gasteiger charge is -2.32. The molecule has 0 heterocycles. The molecule has 0 saturated carbocycles. The van der Waals surface area contributed by atoms with Gasteiger partial charge in [-0.1, -0.05) is 66.9 Å². The molecule has 0 spiro atoms. The summed E-state index contributed by atoms with van der Waals surface area (Å²) in [6.07, 6.45) is 1.73. The number of nitrogens with zero attached hydrogens (tertiary/aromatic N) is 2. The van der Waals surface area contributed by atoms with Crippen molar-refractivity contribution in [1.82, 2.24) is 10.2 Å². The zero-order valence-corrected chi connectivity index (χ0v) is 25.3. The zero-order chi connectivity index (χ0) is 29.4. The maximum Gasteiger partial charge on any atom is 0.264 e. The van der Waals surface area contributed by atoms with Gasteiger partial charge in [0.25, 0.3) is 10.0 Å². The molecule has 0 aliphatic carbocycles. The van der Waals surface area contributed by atoms with Crippen molar-refractivity contribution < 1.29 is 18.0 Å². The number of carbonyl (C=O) groups excluding carboxylic acids is 2. The molecule has 40 heavy (non-hydrogen) atoms. The van der Waals surface area contributed by atoms with E-state index in [0.717, 1.165) is 33.8 Å². The van der Waals surface area contributed by atoms with Crippen LogP contribution in [0.1, 0.15) is 48.9 Å². The Kier molecular flexibility index (Phi) is 10.8. The van der Waals surface area contributed by atoms with Gasteiger partial charge in [0.05, 0.1) is 10.6 Å². The number of hydrogen-bond donors (Lipinski definition) is 1. The van der Waals surface area contributed by atoms with Crippen LogP contribution in [-0.4, -0.2) is 44.3 Å². The van der Waals surface area contributed by atoms with Crippen LogP contribution in [0.2, 0.25) is 5.02 Å². The third-order valence-electron chi connectivity index (χ3n) is 6.96. The molecule has 0 aromatic heterocycles. The number of sulfonamides is 1. The Morgan fingerprint density at radius 3 is 2.25 bits per heavy atom. The number of halogens is 1. The van der Waals surface area contributed by atoms with Gasteiger partial charge in [-0.2, -0.15) is 0 Å². The Bertz CT molecular complexity index is 1440. The van der Waals surface area contributed by atoms with Crippen LogP contribution in [0.15, 0.2) is 71.6 Å². The molecule has 1 N–H and O–H groups in total. The summed E-state index contributed by atoms with van der Waals surface area (Å²) in [5.74, 6) is -0.833. The molecule has 3 aromatic carbocycles. The number of anilines is 1. The van der Waals surface area contributed by atoms with E-state index in [9.17, 15) is 18.0 Å². The smallest absolute Gasteiger partial charge is 0.264 e. The molecule has 0 fully saturated rings. The van der Waals surface area contributed by atoms with Crippen molar-refractivity contribution in [3.63, 3.8) is 0 Å². The molecule has 3 aromatic rings. The molecule has 0 aliphatic heterocycles. The van der Waals surface area contributed by atoms with Gasteiger partial charge in [0.1, 0.15) is 12.6 Å². The van der Waals surface area contributed by atoms with E-state index in [2.05, 4.69) is 5.32 Å². The number of carbonyl (C=O) groups is 2. The van der Waals surface area contributed by atoms with Gasteiger partial charge in [0.15, 0.2) is 0 Å². The molecule has 7 nitrogen and oxygen atoms in total. The predicted octanol–water partition coefficient (Wildman–Crippen LogP) is 5.79. The van der Waals surface area contributed by atoms with Gasteiger partial charge in [-0.15, -0.1) is 0 Å². The summed E-state index contributed by atoms with van der Waals surface area (Å²) in [4.78, 5) is 28.5. The maximum atomic E-state index is 14.0. The monoisotopic (exact) mass is 583 g/mol. The van der Waals surface area contributed by atoms with Gasteiger partial charge in [-0.3, -0.25) is 13.9 Å². The van der Waals surface area contributed by atoms with E-state index >= 15 is 0 Å². The van der Waals surface area contributed by atoms with E-state index in [1.807, 2.05) is 33.8 Å². The van der Waals surface area contributed by atoms with Crippen LogP contribution in [-0.2, 0) is 26.2 Å². The SMILES string of the molecule is CCCCNC(=O)[C@H](C)N(Cc1ccccc1Cl)C(=O)CN(c1ccc(C)c(C)c1)S(=O)(=O)c1ccc(C)cc1. The Labute approximate surface area is 243 Å². The highest BCUT2D eigenvalue weighted by Crippen LogP contribution is 2.27. The predicted molar refractivity (Wildman–Crippen MR) is 161 cm³/mol. The molecule has 0 unspecified atom stereocenters. The van der Waals surface area contributed by atoms with E-state index in [1.54, 1.807) is 55.5 Å². The molecule has 9 heteroatoms. The van der Waals surface area contributed by atoms with E-state index < -0.39 is 28.5 Å². The van der Waals surface area contributed by atoms with Crippen molar-refractivity contribution in [2.24, 2.45) is 0 Å². The first-order valence-electron chi connectivity index (χ1n) is 13.4. The lowest BCUT2D eigenvalue weighted by molar-refractivity contribution is -0.139. The average Bonchev–Trinajstić information content (AvgIpc) is 2.92. The van der Waals surface area contributed by atoms with Gasteiger partial charge in [0, 0.05) is 18.1 Å². The summed E-state index contributed by atoms with van der Waals surface area (Å²) in [7, 11) is -4.11. The molecule has 3 rings (SSSR count). The fourth-order valence-electron chi connectivity index (χ4n) is 4.18. The van der Waals surface area contributed by atoms with E-state index in [-0.39, 0.29) is 17.3 Å². The summed E-state index contributed by atoms with van der Waals surface area (Å²) in [6.45, 7) is 9.42. The summed E-state index contributed by atoms with van der Waals surface area (Å²) >= 11 is 6.41. The van der Waals surface area contributed by atoms with Crippen molar-refractivity contribution in [3.8, 4) is 0 Å². The first kappa shape index (κ1) is 31.2. The third-order valence-corrected chi connectivity index (χ3v) is 9.12. The topological polar surface area (TPSA) is 86.8 Å². The molecule has 0 bridgehead atoms. The van der Waals surface area contributed by atoms with Crippen LogP contribution >= 0.6 is 11.6 Å². The van der Waals surface area contributed by atoms with E-state index in [0.29, 0.717) is 22.8 Å². The molecule has 2 amide bonds. The molecule has 0 saturated heterocycles. The molecular formula is C31H38ClN3O4S. The standard InChI is InChI=1S/C31H38ClN3O4S/c1-6-7-18-33-31(37)25(5)34(20-26-10-8-9-11-29(26)32)30(36)21-35(27-15-14-23(3)24(4)19-27)40(38,39)28-16-12-22(2)13-17-28/h8-17,19,25H,6-7,18,20-21H2,1-5H3,(H,33,37)/t25-/m0/s1. The number of hydrogen-bond acceptors (Lipinski definition) is 4. The lowest BCUT2D eigenvalue weighted by atomic mass is 10.1. The lowest BCUT2D eigenvalue weighted by Crippen LogP contribution is -2.51. The second-order valence-electron chi connectivity index (χ2n) is 10.0. The zero-order valence-electron chi connectivity index (χ0n) is 23.8. The van der Waals surface area contributed by atoms with Gasteiger partial charge in [0.2, 0.25) is 11.8 Å². The quantitative estimate of drug-likeness (QED) is 0.273. The highest BCUT2D eigenvalue weighted by atomic mass is 35.5. The van der Waals surface area contributed by atoms with Gasteiger partial charge < -0.3 is 10.2 Å². The minimum Gasteiger partial charge on any atom is -0.354 e. The number of benzene rings is 3. The largest absolute Gasteiger partial charge is 0.354 e. The van der Waals surface area contributed by atoms with Crippen LogP contribution in [0.25, 0.3) is 0 Å². The number of unbranched alkanes of at least 4 members (excludes halogenated alkanes) is 1. The van der Waals surface area contributed by atoms with Crippen LogP contribution in [0.5, 0.6) is 0 Å². The fraction of sp³-hybridized carbons (Fsp3) is 0.355. The van der Waals surface area contributed by atoms with Crippen LogP contribution in [0.4, 0.5) is 5.69 Å². The summed E-state index contributed by atoms with van der Waals surface area (Å²) in [6, 6.07) is 18.0. The van der Waals surface area contributed by atoms with Crippen molar-refractivity contribution in [1.29, 1.82) is 0 Å². The normalized spacial score (nSPS) is 12.1. The van der Waals surface area contributed by atoms with Crippen molar-refractivity contribution in [2.75, 3.05) is 17.4 Å². The number of nitrogens with one attached hydrogen (secondary N) is 1. The Morgan fingerprint density at radius 2 is 1.62 bits per heavy atom. The minimum atomic E-state index is -4.11. The molecule has 0 radical (unpaired) electrons. The maximum absolute atomic E-state index is 14.0. The number of aryl methyl sites for hydroxylation is 3. The Hall–Kier alpha value is -3.36. The number of rotatable bonds is 12.